The Labute approximate surface area is 137 Å². The van der Waals surface area contributed by atoms with E-state index >= 15 is 0 Å². The molecule has 0 saturated carbocycles. The predicted octanol–water partition coefficient (Wildman–Crippen LogP) is 4.57. The second kappa shape index (κ2) is 6.27. The van der Waals surface area contributed by atoms with Crippen LogP contribution in [-0.2, 0) is 5.75 Å². The number of fused-ring (bicyclic) bond motifs is 1. The molecule has 0 atom stereocenters. The normalized spacial score (nSPS) is 10.5. The Hall–Kier alpha value is -2.22. The number of carbonyl (C=O) groups excluding carboxylic acids is 1. The zero-order valence-electron chi connectivity index (χ0n) is 11.5. The molecule has 3 aromatic rings. The highest BCUT2D eigenvalue weighted by atomic mass is 35.5. The number of nitriles is 1. The number of hydrogen-bond acceptors (Lipinski definition) is 3. The molecule has 3 rings (SSSR count). The molecule has 0 bridgehead atoms. The molecule has 2 heterocycles. The van der Waals surface area contributed by atoms with Crippen LogP contribution in [0.5, 0.6) is 0 Å². The van der Waals surface area contributed by atoms with Gasteiger partial charge in [-0.05, 0) is 36.4 Å². The molecule has 0 aliphatic heterocycles. The van der Waals surface area contributed by atoms with Gasteiger partial charge in [0.15, 0.2) is 6.29 Å². The number of carbonyl (C=O) groups is 1. The summed E-state index contributed by atoms with van der Waals surface area (Å²) in [6.07, 6.45) is 2.61. The van der Waals surface area contributed by atoms with Gasteiger partial charge in [-0.3, -0.25) is 4.79 Å². The summed E-state index contributed by atoms with van der Waals surface area (Å²) in [5.74, 6) is 0.556. The first-order chi connectivity index (χ1) is 10.7. The predicted molar refractivity (Wildman–Crippen MR) is 88.5 cm³/mol. The monoisotopic (exact) mass is 326 g/mol. The number of aromatic nitrogens is 1. The van der Waals surface area contributed by atoms with Gasteiger partial charge in [0.1, 0.15) is 6.07 Å². The van der Waals surface area contributed by atoms with Gasteiger partial charge >= 0.3 is 0 Å². The summed E-state index contributed by atoms with van der Waals surface area (Å²) in [6.45, 7) is 0. The Bertz CT molecular complexity index is 878. The number of nitrogens with zero attached hydrogens (tertiary/aromatic N) is 2. The van der Waals surface area contributed by atoms with Gasteiger partial charge in [-0.2, -0.15) is 5.26 Å². The van der Waals surface area contributed by atoms with Crippen LogP contribution in [0.15, 0.2) is 53.6 Å². The lowest BCUT2D eigenvalue weighted by atomic mass is 10.1. The van der Waals surface area contributed by atoms with Gasteiger partial charge in [0.25, 0.3) is 0 Å². The van der Waals surface area contributed by atoms with E-state index in [0.717, 1.165) is 22.3 Å². The van der Waals surface area contributed by atoms with Gasteiger partial charge in [-0.1, -0.05) is 17.7 Å². The van der Waals surface area contributed by atoms with Crippen molar-refractivity contribution in [2.45, 2.75) is 10.6 Å². The highest BCUT2D eigenvalue weighted by Gasteiger charge is 2.17. The van der Waals surface area contributed by atoms with Crippen molar-refractivity contribution in [3.8, 4) is 6.07 Å². The molecule has 108 valence electrons. The summed E-state index contributed by atoms with van der Waals surface area (Å²) < 4.78 is 1.77. The lowest BCUT2D eigenvalue weighted by molar-refractivity contribution is 0.111. The summed E-state index contributed by atoms with van der Waals surface area (Å²) in [7, 11) is 0. The van der Waals surface area contributed by atoms with Crippen molar-refractivity contribution in [3.63, 3.8) is 0 Å². The Morgan fingerprint density at radius 1 is 1.23 bits per heavy atom. The minimum atomic E-state index is 0.536. The number of rotatable bonds is 4. The van der Waals surface area contributed by atoms with Gasteiger partial charge in [-0.15, -0.1) is 11.8 Å². The topological polar surface area (TPSA) is 45.3 Å². The first-order valence-electron chi connectivity index (χ1n) is 6.60. The molecule has 1 aromatic carbocycles. The first kappa shape index (κ1) is 14.7. The fraction of sp³-hybridized carbons (Fsp3) is 0.0588. The van der Waals surface area contributed by atoms with Crippen molar-refractivity contribution in [1.29, 1.82) is 5.26 Å². The van der Waals surface area contributed by atoms with Crippen LogP contribution in [0.2, 0.25) is 5.02 Å². The van der Waals surface area contributed by atoms with Gasteiger partial charge in [-0.25, -0.2) is 0 Å². The first-order valence-corrected chi connectivity index (χ1v) is 7.96. The maximum atomic E-state index is 11.5. The average Bonchev–Trinajstić information content (AvgIpc) is 2.87. The number of halogens is 1. The Balaban J connectivity index is 2.01. The Kier molecular flexibility index (Phi) is 4.19. The van der Waals surface area contributed by atoms with E-state index in [-0.39, 0.29) is 0 Å². The molecular weight excluding hydrogens is 316 g/mol. The summed E-state index contributed by atoms with van der Waals surface area (Å²) >= 11 is 7.45. The third-order valence-corrected chi connectivity index (χ3v) is 4.70. The van der Waals surface area contributed by atoms with E-state index in [0.29, 0.717) is 22.0 Å². The smallest absolute Gasteiger partial charge is 0.167 e. The molecule has 0 N–H and O–H groups in total. The fourth-order valence-corrected chi connectivity index (χ4v) is 3.43. The number of aldehydes is 1. The van der Waals surface area contributed by atoms with Crippen LogP contribution in [0.3, 0.4) is 0 Å². The average molecular weight is 327 g/mol. The van der Waals surface area contributed by atoms with Crippen LogP contribution in [0.1, 0.15) is 21.6 Å². The molecule has 22 heavy (non-hydrogen) atoms. The van der Waals surface area contributed by atoms with Crippen LogP contribution < -0.4 is 0 Å². The summed E-state index contributed by atoms with van der Waals surface area (Å²) in [6, 6.07) is 15.3. The van der Waals surface area contributed by atoms with E-state index in [1.165, 1.54) is 0 Å². The number of pyridine rings is 1. The molecule has 0 aliphatic rings. The third kappa shape index (κ3) is 2.61. The molecule has 3 nitrogen and oxygen atoms in total. The highest BCUT2D eigenvalue weighted by molar-refractivity contribution is 7.98. The zero-order chi connectivity index (χ0) is 15.5. The second-order valence-electron chi connectivity index (χ2n) is 4.67. The minimum absolute atomic E-state index is 0.536. The lowest BCUT2D eigenvalue weighted by Crippen LogP contribution is -1.93. The SMILES string of the molecule is N#Cc1c(CSc2ccc(Cl)cc2)c(C=O)n2ccccc12. The van der Waals surface area contributed by atoms with Crippen molar-refractivity contribution in [3.05, 3.63) is 70.5 Å². The van der Waals surface area contributed by atoms with Crippen LogP contribution in [0, 0.1) is 11.3 Å². The minimum Gasteiger partial charge on any atom is -0.313 e. The van der Waals surface area contributed by atoms with Crippen LogP contribution in [0.4, 0.5) is 0 Å². The summed E-state index contributed by atoms with van der Waals surface area (Å²) in [5.41, 5.74) is 2.63. The van der Waals surface area contributed by atoms with Gasteiger partial charge in [0, 0.05) is 27.4 Å². The maximum Gasteiger partial charge on any atom is 0.167 e. The maximum absolute atomic E-state index is 11.5. The molecule has 0 spiro atoms. The standard InChI is InChI=1S/C17H11ClN2OS/c18-12-4-6-13(7-5-12)22-11-15-14(9-19)16-3-1-2-8-20(16)17(15)10-21/h1-8,10H,11H2. The zero-order valence-corrected chi connectivity index (χ0v) is 13.1. The molecule has 5 heteroatoms. The van der Waals surface area contributed by atoms with Crippen molar-refractivity contribution in [1.82, 2.24) is 4.40 Å². The van der Waals surface area contributed by atoms with E-state index in [2.05, 4.69) is 6.07 Å². The largest absolute Gasteiger partial charge is 0.313 e. The van der Waals surface area contributed by atoms with Crippen molar-refractivity contribution in [2.75, 3.05) is 0 Å². The quantitative estimate of drug-likeness (QED) is 0.521. The number of thioether (sulfide) groups is 1. The Morgan fingerprint density at radius 3 is 2.68 bits per heavy atom. The molecule has 0 amide bonds. The molecule has 0 fully saturated rings. The van der Waals surface area contributed by atoms with E-state index in [1.807, 2.05) is 42.5 Å². The van der Waals surface area contributed by atoms with Gasteiger partial charge in [0.2, 0.25) is 0 Å². The van der Waals surface area contributed by atoms with E-state index in [9.17, 15) is 10.1 Å². The number of hydrogen-bond donors (Lipinski definition) is 0. The van der Waals surface area contributed by atoms with Crippen molar-refractivity contribution >= 4 is 35.2 Å². The summed E-state index contributed by atoms with van der Waals surface area (Å²) in [5, 5.41) is 10.1. The van der Waals surface area contributed by atoms with Crippen molar-refractivity contribution in [2.24, 2.45) is 0 Å². The molecule has 0 unspecified atom stereocenters. The Morgan fingerprint density at radius 2 is 2.00 bits per heavy atom. The van der Waals surface area contributed by atoms with Gasteiger partial charge in [0.05, 0.1) is 16.8 Å². The lowest BCUT2D eigenvalue weighted by Gasteiger charge is -2.02. The highest BCUT2D eigenvalue weighted by Crippen LogP contribution is 2.30. The van der Waals surface area contributed by atoms with Crippen molar-refractivity contribution < 1.29 is 4.79 Å². The van der Waals surface area contributed by atoms with E-state index in [4.69, 9.17) is 11.6 Å². The van der Waals surface area contributed by atoms with Crippen LogP contribution in [-0.4, -0.2) is 10.7 Å². The fourth-order valence-electron chi connectivity index (χ4n) is 2.37. The summed E-state index contributed by atoms with van der Waals surface area (Å²) in [4.78, 5) is 12.5. The van der Waals surface area contributed by atoms with Crippen LogP contribution in [0.25, 0.3) is 5.52 Å². The number of benzene rings is 1. The molecule has 0 aliphatic carbocycles. The molecular formula is C17H11ClN2OS. The van der Waals surface area contributed by atoms with Gasteiger partial charge < -0.3 is 4.40 Å². The van der Waals surface area contributed by atoms with E-state index in [1.54, 1.807) is 22.4 Å². The third-order valence-electron chi connectivity index (χ3n) is 3.41. The van der Waals surface area contributed by atoms with E-state index < -0.39 is 0 Å². The molecule has 0 saturated heterocycles. The molecule has 0 radical (unpaired) electrons. The van der Waals surface area contributed by atoms with Crippen LogP contribution >= 0.6 is 23.4 Å². The molecule has 2 aromatic heterocycles. The second-order valence-corrected chi connectivity index (χ2v) is 6.15.